The van der Waals surface area contributed by atoms with E-state index in [4.69, 9.17) is 0 Å². The van der Waals surface area contributed by atoms with Crippen molar-refractivity contribution in [2.24, 2.45) is 11.3 Å². The van der Waals surface area contributed by atoms with Gasteiger partial charge in [-0.2, -0.15) is 0 Å². The number of aryl methyl sites for hydroxylation is 1. The second-order valence-corrected chi connectivity index (χ2v) is 7.46. The minimum atomic E-state index is -0.371. The first kappa shape index (κ1) is 16.8. The SMILES string of the molecule is Cc1cccc(C(=O)N2CCC3(CC3C(=O)Nc3cccc(F)c3)C2)c1. The molecule has 5 heteroatoms. The Labute approximate surface area is 152 Å². The van der Waals surface area contributed by atoms with Gasteiger partial charge in [0.05, 0.1) is 0 Å². The number of halogens is 1. The Bertz CT molecular complexity index is 882. The highest BCUT2D eigenvalue weighted by molar-refractivity contribution is 5.97. The molecular formula is C21H21FN2O2. The van der Waals surface area contributed by atoms with Gasteiger partial charge in [-0.1, -0.05) is 23.8 Å². The molecule has 1 saturated carbocycles. The average Bonchev–Trinajstić information content (AvgIpc) is 3.15. The normalized spacial score (nSPS) is 23.9. The summed E-state index contributed by atoms with van der Waals surface area (Å²) in [4.78, 5) is 27.1. The van der Waals surface area contributed by atoms with E-state index in [-0.39, 0.29) is 29.0 Å². The van der Waals surface area contributed by atoms with E-state index in [0.717, 1.165) is 18.4 Å². The third-order valence-corrected chi connectivity index (χ3v) is 5.54. The Morgan fingerprint density at radius 1 is 1.19 bits per heavy atom. The number of anilines is 1. The van der Waals surface area contributed by atoms with E-state index in [1.165, 1.54) is 12.1 Å². The number of likely N-dealkylation sites (tertiary alicyclic amines) is 1. The number of hydrogen-bond acceptors (Lipinski definition) is 2. The zero-order valence-corrected chi connectivity index (χ0v) is 14.7. The molecule has 2 amide bonds. The van der Waals surface area contributed by atoms with E-state index in [1.807, 2.05) is 36.1 Å². The van der Waals surface area contributed by atoms with Gasteiger partial charge in [-0.05, 0) is 50.1 Å². The predicted octanol–water partition coefficient (Wildman–Crippen LogP) is 3.63. The number of carbonyl (C=O) groups excluding carboxylic acids is 2. The van der Waals surface area contributed by atoms with Crippen molar-refractivity contribution >= 4 is 17.5 Å². The van der Waals surface area contributed by atoms with Gasteiger partial charge in [0.25, 0.3) is 5.91 Å². The Balaban J connectivity index is 1.40. The largest absolute Gasteiger partial charge is 0.338 e. The van der Waals surface area contributed by atoms with Crippen LogP contribution in [0, 0.1) is 24.1 Å². The molecule has 4 nitrogen and oxygen atoms in total. The van der Waals surface area contributed by atoms with Gasteiger partial charge in [-0.15, -0.1) is 0 Å². The molecule has 0 aromatic heterocycles. The molecule has 26 heavy (non-hydrogen) atoms. The van der Waals surface area contributed by atoms with E-state index in [1.54, 1.807) is 12.1 Å². The Kier molecular flexibility index (Phi) is 4.02. The molecule has 1 aliphatic heterocycles. The van der Waals surface area contributed by atoms with Crippen LogP contribution in [-0.2, 0) is 4.79 Å². The smallest absolute Gasteiger partial charge is 0.253 e. The van der Waals surface area contributed by atoms with Crippen LogP contribution in [0.3, 0.4) is 0 Å². The molecule has 134 valence electrons. The molecule has 1 heterocycles. The average molecular weight is 352 g/mol. The number of amides is 2. The van der Waals surface area contributed by atoms with Gasteiger partial charge >= 0.3 is 0 Å². The lowest BCUT2D eigenvalue weighted by atomic mass is 10.0. The monoisotopic (exact) mass is 352 g/mol. The van der Waals surface area contributed by atoms with Crippen molar-refractivity contribution in [3.63, 3.8) is 0 Å². The summed E-state index contributed by atoms with van der Waals surface area (Å²) in [5, 5.41) is 2.80. The summed E-state index contributed by atoms with van der Waals surface area (Å²) in [6, 6.07) is 13.5. The van der Waals surface area contributed by atoms with E-state index in [2.05, 4.69) is 5.32 Å². The standard InChI is InChI=1S/C21H21FN2O2/c1-14-4-2-5-15(10-14)20(26)24-9-8-21(13-24)12-18(21)19(25)23-17-7-3-6-16(22)11-17/h2-7,10-11,18H,8-9,12-13H2,1H3,(H,23,25). The number of rotatable bonds is 3. The highest BCUT2D eigenvalue weighted by atomic mass is 19.1. The maximum Gasteiger partial charge on any atom is 0.253 e. The van der Waals surface area contributed by atoms with Crippen LogP contribution < -0.4 is 5.32 Å². The van der Waals surface area contributed by atoms with E-state index in [9.17, 15) is 14.0 Å². The van der Waals surface area contributed by atoms with Crippen molar-refractivity contribution in [2.75, 3.05) is 18.4 Å². The molecule has 1 N–H and O–H groups in total. The topological polar surface area (TPSA) is 49.4 Å². The van der Waals surface area contributed by atoms with Gasteiger partial charge in [0.15, 0.2) is 0 Å². The van der Waals surface area contributed by atoms with Crippen LogP contribution >= 0.6 is 0 Å². The molecule has 1 saturated heterocycles. The Hall–Kier alpha value is -2.69. The first-order chi connectivity index (χ1) is 12.5. The van der Waals surface area contributed by atoms with E-state index >= 15 is 0 Å². The molecule has 0 bridgehead atoms. The fraction of sp³-hybridized carbons (Fsp3) is 0.333. The molecule has 1 aliphatic carbocycles. The van der Waals surface area contributed by atoms with Crippen LogP contribution in [0.25, 0.3) is 0 Å². The second-order valence-electron chi connectivity index (χ2n) is 7.46. The number of benzene rings is 2. The maximum absolute atomic E-state index is 13.3. The quantitative estimate of drug-likeness (QED) is 0.917. The summed E-state index contributed by atoms with van der Waals surface area (Å²) in [5.41, 5.74) is 2.12. The van der Waals surface area contributed by atoms with Crippen molar-refractivity contribution in [1.29, 1.82) is 0 Å². The Morgan fingerprint density at radius 2 is 2.00 bits per heavy atom. The molecule has 2 atom stereocenters. The van der Waals surface area contributed by atoms with Crippen molar-refractivity contribution < 1.29 is 14.0 Å². The molecule has 2 aromatic rings. The Morgan fingerprint density at radius 3 is 2.77 bits per heavy atom. The molecule has 4 rings (SSSR count). The maximum atomic E-state index is 13.3. The molecule has 1 spiro atoms. The molecule has 2 aromatic carbocycles. The molecule has 2 unspecified atom stereocenters. The summed E-state index contributed by atoms with van der Waals surface area (Å²) >= 11 is 0. The lowest BCUT2D eigenvalue weighted by Gasteiger charge is -2.17. The minimum Gasteiger partial charge on any atom is -0.338 e. The summed E-state index contributed by atoms with van der Waals surface area (Å²) in [6.45, 7) is 3.26. The molecule has 0 radical (unpaired) electrons. The van der Waals surface area contributed by atoms with Gasteiger partial charge in [-0.3, -0.25) is 9.59 Å². The van der Waals surface area contributed by atoms with Gasteiger partial charge < -0.3 is 10.2 Å². The van der Waals surface area contributed by atoms with Crippen molar-refractivity contribution in [1.82, 2.24) is 4.90 Å². The lowest BCUT2D eigenvalue weighted by molar-refractivity contribution is -0.118. The van der Waals surface area contributed by atoms with Crippen molar-refractivity contribution in [3.05, 3.63) is 65.5 Å². The van der Waals surface area contributed by atoms with Gasteiger partial charge in [-0.25, -0.2) is 4.39 Å². The third-order valence-electron chi connectivity index (χ3n) is 5.54. The zero-order chi connectivity index (χ0) is 18.3. The van der Waals surface area contributed by atoms with Crippen LogP contribution in [0.1, 0.15) is 28.8 Å². The summed E-state index contributed by atoms with van der Waals surface area (Å²) in [5.74, 6) is -0.535. The van der Waals surface area contributed by atoms with Crippen LogP contribution in [0.4, 0.5) is 10.1 Å². The van der Waals surface area contributed by atoms with Gasteiger partial charge in [0.1, 0.15) is 5.82 Å². The van der Waals surface area contributed by atoms with Crippen LogP contribution in [0.5, 0.6) is 0 Å². The van der Waals surface area contributed by atoms with Gasteiger partial charge in [0, 0.05) is 35.7 Å². The highest BCUT2D eigenvalue weighted by Crippen LogP contribution is 2.58. The van der Waals surface area contributed by atoms with Crippen molar-refractivity contribution in [3.8, 4) is 0 Å². The fourth-order valence-electron chi connectivity index (χ4n) is 3.99. The van der Waals surface area contributed by atoms with Crippen LogP contribution in [-0.4, -0.2) is 29.8 Å². The fourth-order valence-corrected chi connectivity index (χ4v) is 3.99. The minimum absolute atomic E-state index is 0.0294. The lowest BCUT2D eigenvalue weighted by Crippen LogP contribution is -2.30. The van der Waals surface area contributed by atoms with Crippen LogP contribution in [0.2, 0.25) is 0 Å². The highest BCUT2D eigenvalue weighted by Gasteiger charge is 2.61. The zero-order valence-electron chi connectivity index (χ0n) is 14.7. The third kappa shape index (κ3) is 3.09. The summed E-state index contributed by atoms with van der Waals surface area (Å²) in [6.07, 6.45) is 1.62. The number of carbonyl (C=O) groups is 2. The number of hydrogen-bond donors (Lipinski definition) is 1. The molecule has 2 fully saturated rings. The summed E-state index contributed by atoms with van der Waals surface area (Å²) < 4.78 is 13.3. The molecule has 2 aliphatic rings. The number of nitrogens with zero attached hydrogens (tertiary/aromatic N) is 1. The number of nitrogens with one attached hydrogen (secondary N) is 1. The second kappa shape index (κ2) is 6.24. The van der Waals surface area contributed by atoms with Crippen molar-refractivity contribution in [2.45, 2.75) is 19.8 Å². The predicted molar refractivity (Wildman–Crippen MR) is 97.3 cm³/mol. The first-order valence-electron chi connectivity index (χ1n) is 8.89. The van der Waals surface area contributed by atoms with E-state index in [0.29, 0.717) is 24.3 Å². The molecular weight excluding hydrogens is 331 g/mol. The van der Waals surface area contributed by atoms with E-state index < -0.39 is 0 Å². The van der Waals surface area contributed by atoms with Crippen LogP contribution in [0.15, 0.2) is 48.5 Å². The first-order valence-corrected chi connectivity index (χ1v) is 8.89. The van der Waals surface area contributed by atoms with Gasteiger partial charge in [0.2, 0.25) is 5.91 Å². The summed E-state index contributed by atoms with van der Waals surface area (Å²) in [7, 11) is 0.